The number of esters is 1. The summed E-state index contributed by atoms with van der Waals surface area (Å²) in [5.41, 5.74) is -0.891. The van der Waals surface area contributed by atoms with Crippen molar-refractivity contribution in [2.75, 3.05) is 6.61 Å². The largest absolute Gasteiger partial charge is 0.462 e. The fraction of sp³-hybridized carbons (Fsp3) is 0.188. The maximum atomic E-state index is 12.7. The third-order valence-corrected chi connectivity index (χ3v) is 4.28. The number of alkyl halides is 3. The summed E-state index contributed by atoms with van der Waals surface area (Å²) in [4.78, 5) is 11.2. The van der Waals surface area contributed by atoms with E-state index in [1.165, 1.54) is 12.1 Å². The molecule has 0 radical (unpaired) electrons. The zero-order valence-corrected chi connectivity index (χ0v) is 13.7. The van der Waals surface area contributed by atoms with Gasteiger partial charge in [0.15, 0.2) is 0 Å². The number of benzene rings is 2. The van der Waals surface area contributed by atoms with Crippen molar-refractivity contribution < 1.29 is 35.3 Å². The van der Waals surface area contributed by atoms with Gasteiger partial charge in [0.2, 0.25) is 0 Å². The minimum absolute atomic E-state index is 0.139. The molecule has 0 saturated carbocycles. The maximum absolute atomic E-state index is 12.7. The Balaban J connectivity index is 2.23. The van der Waals surface area contributed by atoms with Crippen molar-refractivity contribution in [1.82, 2.24) is 0 Å². The summed E-state index contributed by atoms with van der Waals surface area (Å²) < 4.78 is 71.8. The molecule has 134 valence electrons. The summed E-state index contributed by atoms with van der Waals surface area (Å²) in [6.07, 6.45) is -4.62. The van der Waals surface area contributed by atoms with Crippen LogP contribution in [-0.4, -0.2) is 21.0 Å². The predicted octanol–water partition coefficient (Wildman–Crippen LogP) is 3.65. The van der Waals surface area contributed by atoms with Gasteiger partial charge in [0, 0.05) is 0 Å². The van der Waals surface area contributed by atoms with Crippen molar-refractivity contribution in [3.05, 3.63) is 59.7 Å². The van der Waals surface area contributed by atoms with Crippen LogP contribution in [0, 0.1) is 0 Å². The SMILES string of the molecule is CCOC(=O)c1ccc(S(=O)(=O)Oc2cccc(C(F)(F)F)c2)cc1. The lowest BCUT2D eigenvalue weighted by Gasteiger charge is -2.10. The van der Waals surface area contributed by atoms with Crippen LogP contribution < -0.4 is 4.18 Å². The molecule has 0 N–H and O–H groups in total. The van der Waals surface area contributed by atoms with Crippen molar-refractivity contribution in [2.24, 2.45) is 0 Å². The van der Waals surface area contributed by atoms with Gasteiger partial charge in [-0.05, 0) is 49.4 Å². The third-order valence-electron chi connectivity index (χ3n) is 3.02. The summed E-state index contributed by atoms with van der Waals surface area (Å²) in [5.74, 6) is -1.09. The third kappa shape index (κ3) is 4.72. The van der Waals surface area contributed by atoms with E-state index in [1.54, 1.807) is 6.92 Å². The molecule has 5 nitrogen and oxygen atoms in total. The molecule has 0 aliphatic heterocycles. The highest BCUT2D eigenvalue weighted by molar-refractivity contribution is 7.87. The topological polar surface area (TPSA) is 69.7 Å². The highest BCUT2D eigenvalue weighted by atomic mass is 32.2. The second kappa shape index (κ2) is 7.14. The monoisotopic (exact) mass is 374 g/mol. The molecular formula is C16H13F3O5S. The first-order chi connectivity index (χ1) is 11.6. The molecule has 2 aromatic rings. The fourth-order valence-electron chi connectivity index (χ4n) is 1.87. The van der Waals surface area contributed by atoms with Crippen LogP contribution >= 0.6 is 0 Å². The normalized spacial score (nSPS) is 11.8. The molecule has 0 saturated heterocycles. The lowest BCUT2D eigenvalue weighted by Crippen LogP contribution is -2.12. The molecule has 0 aromatic heterocycles. The van der Waals surface area contributed by atoms with Gasteiger partial charge in [-0.3, -0.25) is 0 Å². The van der Waals surface area contributed by atoms with Crippen LogP contribution in [0.5, 0.6) is 5.75 Å². The van der Waals surface area contributed by atoms with Crippen molar-refractivity contribution in [3.8, 4) is 5.75 Å². The summed E-state index contributed by atoms with van der Waals surface area (Å²) in [5, 5.41) is 0. The average Bonchev–Trinajstić information content (AvgIpc) is 2.54. The first kappa shape index (κ1) is 18.8. The van der Waals surface area contributed by atoms with Gasteiger partial charge in [0.1, 0.15) is 10.6 Å². The van der Waals surface area contributed by atoms with Crippen molar-refractivity contribution in [1.29, 1.82) is 0 Å². The molecule has 0 heterocycles. The molecule has 25 heavy (non-hydrogen) atoms. The second-order valence-corrected chi connectivity index (χ2v) is 6.35. The number of halogens is 3. The van der Waals surface area contributed by atoms with E-state index in [-0.39, 0.29) is 17.1 Å². The Kier molecular flexibility index (Phi) is 5.36. The molecular weight excluding hydrogens is 361 g/mol. The van der Waals surface area contributed by atoms with E-state index in [4.69, 9.17) is 8.92 Å². The van der Waals surface area contributed by atoms with Gasteiger partial charge >= 0.3 is 22.3 Å². The Morgan fingerprint density at radius 3 is 2.28 bits per heavy atom. The highest BCUT2D eigenvalue weighted by Crippen LogP contribution is 2.32. The van der Waals surface area contributed by atoms with Crippen LogP contribution in [0.3, 0.4) is 0 Å². The van der Waals surface area contributed by atoms with E-state index < -0.39 is 33.6 Å². The second-order valence-electron chi connectivity index (χ2n) is 4.81. The standard InChI is InChI=1S/C16H13F3O5S/c1-2-23-15(20)11-6-8-14(9-7-11)25(21,22)24-13-5-3-4-12(10-13)16(17,18)19/h3-10H,2H2,1H3. The Morgan fingerprint density at radius 2 is 1.72 bits per heavy atom. The molecule has 2 aromatic carbocycles. The van der Waals surface area contributed by atoms with E-state index in [9.17, 15) is 26.4 Å². The molecule has 0 amide bonds. The van der Waals surface area contributed by atoms with E-state index in [0.29, 0.717) is 6.07 Å². The molecule has 9 heteroatoms. The van der Waals surface area contributed by atoms with Crippen molar-refractivity contribution in [2.45, 2.75) is 18.0 Å². The molecule has 0 atom stereocenters. The number of hydrogen-bond acceptors (Lipinski definition) is 5. The van der Waals surface area contributed by atoms with Crippen molar-refractivity contribution in [3.63, 3.8) is 0 Å². The Labute approximate surface area is 142 Å². The van der Waals surface area contributed by atoms with Crippen LogP contribution in [0.25, 0.3) is 0 Å². The Hall–Kier alpha value is -2.55. The van der Waals surface area contributed by atoms with Crippen LogP contribution in [0.15, 0.2) is 53.4 Å². The number of rotatable bonds is 5. The fourth-order valence-corrected chi connectivity index (χ4v) is 2.79. The van der Waals surface area contributed by atoms with E-state index in [1.807, 2.05) is 0 Å². The highest BCUT2D eigenvalue weighted by Gasteiger charge is 2.31. The quantitative estimate of drug-likeness (QED) is 0.590. The molecule has 2 rings (SSSR count). The van der Waals surface area contributed by atoms with Gasteiger partial charge in [-0.2, -0.15) is 21.6 Å². The van der Waals surface area contributed by atoms with Gasteiger partial charge in [-0.15, -0.1) is 0 Å². The first-order valence-electron chi connectivity index (χ1n) is 7.02. The smallest absolute Gasteiger partial charge is 0.416 e. The van der Waals surface area contributed by atoms with Gasteiger partial charge in [-0.1, -0.05) is 6.07 Å². The summed E-state index contributed by atoms with van der Waals surface area (Å²) in [7, 11) is -4.35. The van der Waals surface area contributed by atoms with Crippen molar-refractivity contribution >= 4 is 16.1 Å². The zero-order valence-electron chi connectivity index (χ0n) is 12.9. The number of ether oxygens (including phenoxy) is 1. The molecule has 0 bridgehead atoms. The zero-order chi connectivity index (χ0) is 18.7. The molecule has 0 spiro atoms. The number of hydrogen-bond donors (Lipinski definition) is 0. The van der Waals surface area contributed by atoms with Crippen LogP contribution in [0.4, 0.5) is 13.2 Å². The summed E-state index contributed by atoms with van der Waals surface area (Å²) in [6.45, 7) is 1.79. The Bertz CT molecular complexity index is 858. The van der Waals surface area contributed by atoms with Gasteiger partial charge in [-0.25, -0.2) is 4.79 Å². The molecule has 0 unspecified atom stereocenters. The average molecular weight is 374 g/mol. The maximum Gasteiger partial charge on any atom is 0.416 e. The minimum Gasteiger partial charge on any atom is -0.462 e. The predicted molar refractivity (Wildman–Crippen MR) is 81.7 cm³/mol. The van der Waals surface area contributed by atoms with Gasteiger partial charge in [0.05, 0.1) is 17.7 Å². The van der Waals surface area contributed by atoms with Crippen LogP contribution in [-0.2, 0) is 21.0 Å². The van der Waals surface area contributed by atoms with E-state index >= 15 is 0 Å². The lowest BCUT2D eigenvalue weighted by molar-refractivity contribution is -0.137. The lowest BCUT2D eigenvalue weighted by atomic mass is 10.2. The van der Waals surface area contributed by atoms with Crippen LogP contribution in [0.1, 0.15) is 22.8 Å². The van der Waals surface area contributed by atoms with E-state index in [2.05, 4.69) is 0 Å². The molecule has 0 fully saturated rings. The van der Waals surface area contributed by atoms with Gasteiger partial charge < -0.3 is 8.92 Å². The molecule has 0 aliphatic carbocycles. The van der Waals surface area contributed by atoms with E-state index in [0.717, 1.165) is 30.3 Å². The number of carbonyl (C=O) groups excluding carboxylic acids is 1. The first-order valence-corrected chi connectivity index (χ1v) is 8.43. The van der Waals surface area contributed by atoms with Crippen LogP contribution in [0.2, 0.25) is 0 Å². The molecule has 0 aliphatic rings. The Morgan fingerprint density at radius 1 is 1.08 bits per heavy atom. The van der Waals surface area contributed by atoms with Gasteiger partial charge in [0.25, 0.3) is 0 Å². The summed E-state index contributed by atoms with van der Waals surface area (Å²) >= 11 is 0. The number of carbonyl (C=O) groups is 1. The minimum atomic E-state index is -4.62. The summed E-state index contributed by atoms with van der Waals surface area (Å²) in [6, 6.07) is 8.18.